The van der Waals surface area contributed by atoms with E-state index < -0.39 is 17.8 Å². The van der Waals surface area contributed by atoms with E-state index in [1.165, 1.54) is 24.5 Å². The first-order valence-electron chi connectivity index (χ1n) is 7.95. The van der Waals surface area contributed by atoms with Gasteiger partial charge in [0.25, 0.3) is 11.8 Å². The van der Waals surface area contributed by atoms with Gasteiger partial charge in [-0.25, -0.2) is 4.79 Å². The molecule has 138 valence electrons. The second kappa shape index (κ2) is 8.00. The van der Waals surface area contributed by atoms with Gasteiger partial charge in [0.2, 0.25) is 0 Å². The molecule has 0 aliphatic heterocycles. The molecule has 3 aromatic rings. The molecule has 1 aromatic carbocycles. The van der Waals surface area contributed by atoms with Crippen LogP contribution >= 0.6 is 0 Å². The van der Waals surface area contributed by atoms with Crippen LogP contribution < -0.4 is 10.6 Å². The molecule has 2 N–H and O–H groups in total. The summed E-state index contributed by atoms with van der Waals surface area (Å²) in [6.07, 6.45) is 2.47. The molecule has 0 fully saturated rings. The summed E-state index contributed by atoms with van der Waals surface area (Å²) < 4.78 is 14.9. The summed E-state index contributed by atoms with van der Waals surface area (Å²) >= 11 is 0. The van der Waals surface area contributed by atoms with Crippen molar-refractivity contribution >= 4 is 29.5 Å². The summed E-state index contributed by atoms with van der Waals surface area (Å²) in [6, 6.07) is 9.09. The molecule has 0 saturated heterocycles. The lowest BCUT2D eigenvalue weighted by atomic mass is 10.2. The zero-order chi connectivity index (χ0) is 19.2. The number of nitrogens with zero attached hydrogens (tertiary/aromatic N) is 1. The van der Waals surface area contributed by atoms with Crippen molar-refractivity contribution in [3.8, 4) is 0 Å². The van der Waals surface area contributed by atoms with E-state index in [4.69, 9.17) is 13.6 Å². The van der Waals surface area contributed by atoms with Crippen molar-refractivity contribution in [3.63, 3.8) is 0 Å². The summed E-state index contributed by atoms with van der Waals surface area (Å²) in [7, 11) is 0. The second-order valence-electron chi connectivity index (χ2n) is 5.22. The van der Waals surface area contributed by atoms with E-state index in [9.17, 15) is 14.4 Å². The molecule has 2 amide bonds. The van der Waals surface area contributed by atoms with E-state index >= 15 is 0 Å². The van der Waals surface area contributed by atoms with Gasteiger partial charge in [0.15, 0.2) is 11.5 Å². The molecule has 0 atom stereocenters. The molecule has 0 saturated carbocycles. The molecule has 9 nitrogen and oxygen atoms in total. The van der Waals surface area contributed by atoms with Crippen molar-refractivity contribution in [2.75, 3.05) is 17.2 Å². The number of aromatic nitrogens is 1. The number of carbonyl (C=O) groups is 3. The minimum absolute atomic E-state index is 0.0285. The molecule has 9 heteroatoms. The third-order valence-electron chi connectivity index (χ3n) is 3.36. The molecule has 0 radical (unpaired) electrons. The maximum Gasteiger partial charge on any atom is 0.338 e. The van der Waals surface area contributed by atoms with Gasteiger partial charge in [0.1, 0.15) is 6.26 Å². The Morgan fingerprint density at radius 1 is 1.04 bits per heavy atom. The second-order valence-corrected chi connectivity index (χ2v) is 5.22. The number of oxazole rings is 1. The quantitative estimate of drug-likeness (QED) is 0.640. The van der Waals surface area contributed by atoms with Crippen LogP contribution in [-0.2, 0) is 4.74 Å². The van der Waals surface area contributed by atoms with Crippen LogP contribution in [0.5, 0.6) is 0 Å². The topological polar surface area (TPSA) is 124 Å². The standard InChI is InChI=1S/C18H15N3O6/c1-2-25-17(24)11-5-7-12(8-6-11)19-15(22)13-10-27-18(20-13)21-16(23)14-4-3-9-26-14/h3-10H,2H2,1H3,(H,19,22)(H,20,21,23). The van der Waals surface area contributed by atoms with Gasteiger partial charge in [0, 0.05) is 5.69 Å². The molecule has 0 bridgehead atoms. The highest BCUT2D eigenvalue weighted by Crippen LogP contribution is 2.14. The molecule has 0 unspecified atom stereocenters. The summed E-state index contributed by atoms with van der Waals surface area (Å²) in [4.78, 5) is 39.5. The molecular weight excluding hydrogens is 354 g/mol. The molecular formula is C18H15N3O6. The van der Waals surface area contributed by atoms with Crippen LogP contribution in [0, 0.1) is 0 Å². The normalized spacial score (nSPS) is 10.3. The van der Waals surface area contributed by atoms with Crippen molar-refractivity contribution in [3.05, 3.63) is 65.9 Å². The minimum atomic E-state index is -0.552. The lowest BCUT2D eigenvalue weighted by Gasteiger charge is -2.05. The Morgan fingerprint density at radius 2 is 1.81 bits per heavy atom. The van der Waals surface area contributed by atoms with Gasteiger partial charge in [-0.1, -0.05) is 0 Å². The van der Waals surface area contributed by atoms with Crippen LogP contribution in [-0.4, -0.2) is 29.4 Å². The number of hydrogen-bond acceptors (Lipinski definition) is 7. The number of ether oxygens (including phenoxy) is 1. The highest BCUT2D eigenvalue weighted by molar-refractivity contribution is 6.04. The fraction of sp³-hybridized carbons (Fsp3) is 0.111. The first kappa shape index (κ1) is 17.9. The monoisotopic (exact) mass is 369 g/mol. The smallest absolute Gasteiger partial charge is 0.338 e. The first-order chi connectivity index (χ1) is 13.1. The fourth-order valence-corrected chi connectivity index (χ4v) is 2.10. The summed E-state index contributed by atoms with van der Waals surface area (Å²) in [5, 5.41) is 4.98. The van der Waals surface area contributed by atoms with E-state index in [0.717, 1.165) is 6.26 Å². The Bertz CT molecular complexity index is 944. The maximum atomic E-state index is 12.2. The van der Waals surface area contributed by atoms with Crippen molar-refractivity contribution in [1.82, 2.24) is 4.98 Å². The Labute approximate surface area is 153 Å². The van der Waals surface area contributed by atoms with Gasteiger partial charge >= 0.3 is 12.0 Å². The van der Waals surface area contributed by atoms with E-state index in [2.05, 4.69) is 15.6 Å². The largest absolute Gasteiger partial charge is 0.462 e. The number of furan rings is 1. The third kappa shape index (κ3) is 4.40. The molecule has 0 aliphatic rings. The Morgan fingerprint density at radius 3 is 2.48 bits per heavy atom. The lowest BCUT2D eigenvalue weighted by molar-refractivity contribution is 0.0526. The Hall–Kier alpha value is -3.88. The van der Waals surface area contributed by atoms with Crippen LogP contribution in [0.3, 0.4) is 0 Å². The minimum Gasteiger partial charge on any atom is -0.462 e. The number of rotatable bonds is 6. The molecule has 27 heavy (non-hydrogen) atoms. The number of nitrogens with one attached hydrogen (secondary N) is 2. The summed E-state index contributed by atoms with van der Waals surface area (Å²) in [5.41, 5.74) is 0.802. The van der Waals surface area contributed by atoms with Crippen LogP contribution in [0.2, 0.25) is 0 Å². The summed E-state index contributed by atoms with van der Waals surface area (Å²) in [6.45, 7) is 2.00. The Balaban J connectivity index is 1.61. The van der Waals surface area contributed by atoms with Crippen molar-refractivity contribution in [1.29, 1.82) is 0 Å². The average molecular weight is 369 g/mol. The van der Waals surface area contributed by atoms with Gasteiger partial charge in [-0.3, -0.25) is 14.9 Å². The van der Waals surface area contributed by atoms with Crippen molar-refractivity contribution in [2.24, 2.45) is 0 Å². The predicted molar refractivity (Wildman–Crippen MR) is 93.5 cm³/mol. The van der Waals surface area contributed by atoms with Crippen molar-refractivity contribution in [2.45, 2.75) is 6.92 Å². The van der Waals surface area contributed by atoms with Crippen molar-refractivity contribution < 1.29 is 28.0 Å². The number of hydrogen-bond donors (Lipinski definition) is 2. The molecule has 2 heterocycles. The number of amides is 2. The van der Waals surface area contributed by atoms with Gasteiger partial charge < -0.3 is 18.9 Å². The average Bonchev–Trinajstić information content (AvgIpc) is 3.34. The maximum absolute atomic E-state index is 12.2. The van der Waals surface area contributed by atoms with Gasteiger partial charge in [-0.05, 0) is 43.3 Å². The SMILES string of the molecule is CCOC(=O)c1ccc(NC(=O)c2coc(NC(=O)c3ccco3)n2)cc1. The highest BCUT2D eigenvalue weighted by atomic mass is 16.5. The molecule has 0 spiro atoms. The Kier molecular flexibility index (Phi) is 5.31. The number of carbonyl (C=O) groups excluding carboxylic acids is 3. The van der Waals surface area contributed by atoms with Gasteiger partial charge in [-0.15, -0.1) is 0 Å². The van der Waals surface area contributed by atoms with E-state index in [1.807, 2.05) is 0 Å². The first-order valence-corrected chi connectivity index (χ1v) is 7.95. The number of benzene rings is 1. The summed E-state index contributed by atoms with van der Waals surface area (Å²) in [5.74, 6) is -1.45. The molecule has 0 aliphatic carbocycles. The van der Waals surface area contributed by atoms with E-state index in [-0.39, 0.29) is 24.1 Å². The lowest BCUT2D eigenvalue weighted by Crippen LogP contribution is -2.14. The zero-order valence-corrected chi connectivity index (χ0v) is 14.2. The van der Waals surface area contributed by atoms with E-state index in [1.54, 1.807) is 25.1 Å². The third-order valence-corrected chi connectivity index (χ3v) is 3.36. The van der Waals surface area contributed by atoms with Gasteiger partial charge in [0.05, 0.1) is 18.4 Å². The van der Waals surface area contributed by atoms with Gasteiger partial charge in [-0.2, -0.15) is 4.98 Å². The molecule has 2 aromatic heterocycles. The number of anilines is 2. The molecule has 3 rings (SSSR count). The fourth-order valence-electron chi connectivity index (χ4n) is 2.10. The van der Waals surface area contributed by atoms with Crippen LogP contribution in [0.25, 0.3) is 0 Å². The zero-order valence-electron chi connectivity index (χ0n) is 14.2. The highest BCUT2D eigenvalue weighted by Gasteiger charge is 2.16. The predicted octanol–water partition coefficient (Wildman–Crippen LogP) is 2.95. The van der Waals surface area contributed by atoms with Crippen LogP contribution in [0.4, 0.5) is 11.7 Å². The number of esters is 1. The van der Waals surface area contributed by atoms with Crippen LogP contribution in [0.15, 0.2) is 57.8 Å². The van der Waals surface area contributed by atoms with E-state index in [0.29, 0.717) is 11.3 Å². The van der Waals surface area contributed by atoms with Crippen LogP contribution in [0.1, 0.15) is 38.3 Å².